The summed E-state index contributed by atoms with van der Waals surface area (Å²) in [4.78, 5) is 14.8. The molecule has 1 saturated carbocycles. The first-order chi connectivity index (χ1) is 10.7. The van der Waals surface area contributed by atoms with Gasteiger partial charge in [-0.2, -0.15) is 5.10 Å². The Hall–Kier alpha value is -1.40. The molecule has 2 aliphatic heterocycles. The number of hydrogen-bond acceptors (Lipinski definition) is 4. The zero-order valence-electron chi connectivity index (χ0n) is 13.1. The lowest BCUT2D eigenvalue weighted by Crippen LogP contribution is -2.47. The number of likely N-dealkylation sites (tertiary alicyclic amines) is 1. The third-order valence-electron chi connectivity index (χ3n) is 5.19. The normalized spacial score (nSPS) is 32.0. The lowest BCUT2D eigenvalue weighted by atomic mass is 9.91. The van der Waals surface area contributed by atoms with Gasteiger partial charge in [-0.15, -0.1) is 0 Å². The summed E-state index contributed by atoms with van der Waals surface area (Å²) in [6.45, 7) is 2.65. The van der Waals surface area contributed by atoms with Crippen molar-refractivity contribution in [1.82, 2.24) is 20.0 Å². The number of rotatable bonds is 4. The van der Waals surface area contributed by atoms with Gasteiger partial charge in [-0.3, -0.25) is 14.4 Å². The van der Waals surface area contributed by atoms with Crippen molar-refractivity contribution >= 4 is 5.91 Å². The van der Waals surface area contributed by atoms with E-state index in [4.69, 9.17) is 4.74 Å². The van der Waals surface area contributed by atoms with Crippen LogP contribution in [-0.2, 0) is 23.1 Å². The van der Waals surface area contributed by atoms with Gasteiger partial charge in [-0.05, 0) is 25.7 Å². The fourth-order valence-electron chi connectivity index (χ4n) is 3.81. The van der Waals surface area contributed by atoms with Crippen molar-refractivity contribution in [2.75, 3.05) is 13.1 Å². The van der Waals surface area contributed by atoms with E-state index in [-0.39, 0.29) is 24.0 Å². The Bertz CT molecular complexity index is 554. The van der Waals surface area contributed by atoms with Gasteiger partial charge in [-0.25, -0.2) is 0 Å². The Kier molecular flexibility index (Phi) is 3.66. The van der Waals surface area contributed by atoms with Gasteiger partial charge in [0.05, 0.1) is 24.3 Å². The second-order valence-electron chi connectivity index (χ2n) is 6.99. The summed E-state index contributed by atoms with van der Waals surface area (Å²) < 4.78 is 7.85. The molecule has 2 saturated heterocycles. The SMILES string of the molecule is Cn1cc(CN2C[C@@H]3C[C@@H](C(=O)NC4CCC4)[C@H](C2)O3)cn1. The Morgan fingerprint density at radius 2 is 2.32 bits per heavy atom. The predicted molar refractivity (Wildman–Crippen MR) is 81.0 cm³/mol. The molecule has 120 valence electrons. The first kappa shape index (κ1) is 14.2. The zero-order valence-corrected chi connectivity index (χ0v) is 13.1. The molecule has 3 fully saturated rings. The van der Waals surface area contributed by atoms with Gasteiger partial charge >= 0.3 is 0 Å². The van der Waals surface area contributed by atoms with Crippen LogP contribution in [-0.4, -0.2) is 51.9 Å². The highest BCUT2D eigenvalue weighted by Gasteiger charge is 2.45. The number of nitrogens with zero attached hydrogens (tertiary/aromatic N) is 3. The standard InChI is InChI=1S/C16H24N4O2/c1-19-7-11(6-17-19)8-20-9-13-5-14(15(10-20)22-13)16(21)18-12-3-2-4-12/h6-7,12-15H,2-5,8-10H2,1H3,(H,18,21)/t13-,14+,15-/m0/s1. The lowest BCUT2D eigenvalue weighted by molar-refractivity contribution is -0.129. The molecule has 6 nitrogen and oxygen atoms in total. The number of amides is 1. The molecule has 3 aliphatic rings. The number of ether oxygens (including phenoxy) is 1. The maximum absolute atomic E-state index is 12.4. The molecule has 3 atom stereocenters. The third kappa shape index (κ3) is 2.77. The van der Waals surface area contributed by atoms with Crippen molar-refractivity contribution in [2.24, 2.45) is 13.0 Å². The van der Waals surface area contributed by atoms with Gasteiger partial charge in [0, 0.05) is 44.5 Å². The average Bonchev–Trinajstić information content (AvgIpc) is 2.97. The number of fused-ring (bicyclic) bond motifs is 2. The first-order valence-corrected chi connectivity index (χ1v) is 8.33. The molecule has 1 aromatic heterocycles. The van der Waals surface area contributed by atoms with Crippen molar-refractivity contribution in [3.63, 3.8) is 0 Å². The number of aromatic nitrogens is 2. The van der Waals surface area contributed by atoms with E-state index in [1.54, 1.807) is 0 Å². The molecule has 1 N–H and O–H groups in total. The van der Waals surface area contributed by atoms with Gasteiger partial charge in [-0.1, -0.05) is 0 Å². The van der Waals surface area contributed by atoms with Gasteiger partial charge in [0.25, 0.3) is 0 Å². The topological polar surface area (TPSA) is 59.4 Å². The van der Waals surface area contributed by atoms with Crippen LogP contribution in [0.15, 0.2) is 12.4 Å². The summed E-state index contributed by atoms with van der Waals surface area (Å²) in [6.07, 6.45) is 8.62. The minimum atomic E-state index is 0.0319. The Morgan fingerprint density at radius 3 is 3.00 bits per heavy atom. The molecule has 22 heavy (non-hydrogen) atoms. The van der Waals surface area contributed by atoms with Crippen LogP contribution in [0.1, 0.15) is 31.2 Å². The maximum atomic E-state index is 12.4. The summed E-state index contributed by atoms with van der Waals surface area (Å²) in [6, 6.07) is 0.416. The molecule has 6 heteroatoms. The number of carbonyl (C=O) groups excluding carboxylic acids is 1. The number of carbonyl (C=O) groups is 1. The Morgan fingerprint density at radius 1 is 1.45 bits per heavy atom. The van der Waals surface area contributed by atoms with Crippen molar-refractivity contribution in [3.05, 3.63) is 18.0 Å². The zero-order chi connectivity index (χ0) is 15.1. The first-order valence-electron chi connectivity index (χ1n) is 8.33. The van der Waals surface area contributed by atoms with Crippen molar-refractivity contribution < 1.29 is 9.53 Å². The highest BCUT2D eigenvalue weighted by atomic mass is 16.5. The smallest absolute Gasteiger partial charge is 0.226 e. The molecule has 1 amide bonds. The van der Waals surface area contributed by atoms with Crippen LogP contribution in [0.5, 0.6) is 0 Å². The van der Waals surface area contributed by atoms with Crippen LogP contribution in [0.3, 0.4) is 0 Å². The van der Waals surface area contributed by atoms with E-state index in [0.717, 1.165) is 38.9 Å². The highest BCUT2D eigenvalue weighted by Crippen LogP contribution is 2.33. The van der Waals surface area contributed by atoms with Crippen LogP contribution in [0.4, 0.5) is 0 Å². The third-order valence-corrected chi connectivity index (χ3v) is 5.19. The lowest BCUT2D eigenvalue weighted by Gasteiger charge is -2.33. The Balaban J connectivity index is 1.36. The maximum Gasteiger partial charge on any atom is 0.226 e. The van der Waals surface area contributed by atoms with Crippen LogP contribution in [0.2, 0.25) is 0 Å². The van der Waals surface area contributed by atoms with Crippen molar-refractivity contribution in [3.8, 4) is 0 Å². The van der Waals surface area contributed by atoms with Gasteiger partial charge < -0.3 is 10.1 Å². The summed E-state index contributed by atoms with van der Waals surface area (Å²) in [7, 11) is 1.94. The van der Waals surface area contributed by atoms with Gasteiger partial charge in [0.15, 0.2) is 0 Å². The highest BCUT2D eigenvalue weighted by molar-refractivity contribution is 5.80. The van der Waals surface area contributed by atoms with E-state index in [0.29, 0.717) is 6.04 Å². The van der Waals surface area contributed by atoms with E-state index < -0.39 is 0 Å². The quantitative estimate of drug-likeness (QED) is 0.888. The molecule has 1 aromatic rings. The molecule has 3 heterocycles. The summed E-state index contributed by atoms with van der Waals surface area (Å²) in [5.74, 6) is 0.241. The van der Waals surface area contributed by atoms with E-state index in [1.165, 1.54) is 12.0 Å². The fraction of sp³-hybridized carbons (Fsp3) is 0.750. The Labute approximate surface area is 130 Å². The number of morpholine rings is 1. The molecule has 1 aliphatic carbocycles. The van der Waals surface area contributed by atoms with Crippen LogP contribution >= 0.6 is 0 Å². The van der Waals surface area contributed by atoms with E-state index in [1.807, 2.05) is 17.9 Å². The summed E-state index contributed by atoms with van der Waals surface area (Å²) >= 11 is 0. The number of nitrogens with one attached hydrogen (secondary N) is 1. The second-order valence-corrected chi connectivity index (χ2v) is 6.99. The molecule has 0 radical (unpaired) electrons. The molecular formula is C16H24N4O2. The second kappa shape index (κ2) is 5.66. The van der Waals surface area contributed by atoms with Crippen LogP contribution < -0.4 is 5.32 Å². The minimum Gasteiger partial charge on any atom is -0.371 e. The monoisotopic (exact) mass is 304 g/mol. The average molecular weight is 304 g/mol. The predicted octanol–water partition coefficient (Wildman–Crippen LogP) is 0.678. The van der Waals surface area contributed by atoms with Gasteiger partial charge in [0.2, 0.25) is 5.91 Å². The van der Waals surface area contributed by atoms with E-state index in [9.17, 15) is 4.79 Å². The van der Waals surface area contributed by atoms with E-state index in [2.05, 4.69) is 21.5 Å². The van der Waals surface area contributed by atoms with Gasteiger partial charge in [0.1, 0.15) is 0 Å². The summed E-state index contributed by atoms with van der Waals surface area (Å²) in [5, 5.41) is 7.41. The fourth-order valence-corrected chi connectivity index (χ4v) is 3.81. The van der Waals surface area contributed by atoms with E-state index >= 15 is 0 Å². The number of aryl methyl sites for hydroxylation is 1. The molecule has 0 unspecified atom stereocenters. The summed E-state index contributed by atoms with van der Waals surface area (Å²) in [5.41, 5.74) is 1.22. The minimum absolute atomic E-state index is 0.0319. The molecule has 0 aromatic carbocycles. The molecule has 0 spiro atoms. The van der Waals surface area contributed by atoms with Crippen LogP contribution in [0.25, 0.3) is 0 Å². The number of hydrogen-bond donors (Lipinski definition) is 1. The van der Waals surface area contributed by atoms with Crippen LogP contribution in [0, 0.1) is 5.92 Å². The molecule has 2 bridgehead atoms. The molecular weight excluding hydrogens is 280 g/mol. The van der Waals surface area contributed by atoms with Crippen molar-refractivity contribution in [2.45, 2.75) is 50.5 Å². The van der Waals surface area contributed by atoms with Crippen molar-refractivity contribution in [1.29, 1.82) is 0 Å². The largest absolute Gasteiger partial charge is 0.371 e. The molecule has 4 rings (SSSR count).